The van der Waals surface area contributed by atoms with E-state index in [1.807, 2.05) is 32.0 Å². The van der Waals surface area contributed by atoms with Gasteiger partial charge in [-0.2, -0.15) is 5.10 Å². The number of hydrogen-bond donors (Lipinski definition) is 0. The zero-order valence-electron chi connectivity index (χ0n) is 8.03. The Morgan fingerprint density at radius 3 is 2.36 bits per heavy atom. The van der Waals surface area contributed by atoms with E-state index in [1.165, 1.54) is 0 Å². The fourth-order valence-electron chi connectivity index (χ4n) is 1.52. The van der Waals surface area contributed by atoms with Crippen LogP contribution in [0, 0.1) is 13.8 Å². The minimum absolute atomic E-state index is 0.426. The van der Waals surface area contributed by atoms with Crippen LogP contribution in [0.5, 0.6) is 0 Å². The van der Waals surface area contributed by atoms with Crippen molar-refractivity contribution in [2.75, 3.05) is 0 Å². The van der Waals surface area contributed by atoms with E-state index >= 15 is 0 Å². The van der Waals surface area contributed by atoms with Crippen LogP contribution in [0.3, 0.4) is 0 Å². The highest BCUT2D eigenvalue weighted by Crippen LogP contribution is 2.20. The lowest BCUT2D eigenvalue weighted by Gasteiger charge is -2.09. The molecule has 2 rings (SSSR count). The lowest BCUT2D eigenvalue weighted by molar-refractivity contribution is 0.925. The van der Waals surface area contributed by atoms with E-state index in [1.54, 1.807) is 6.20 Å². The molecule has 14 heavy (non-hydrogen) atoms. The molecule has 0 fully saturated rings. The number of aryl methyl sites for hydroxylation is 2. The Morgan fingerprint density at radius 2 is 1.79 bits per heavy atom. The first-order valence-corrected chi connectivity index (χ1v) is 4.70. The van der Waals surface area contributed by atoms with Crippen molar-refractivity contribution < 1.29 is 0 Å². The lowest BCUT2D eigenvalue weighted by Crippen LogP contribution is -2.01. The largest absolute Gasteiger partial charge is 0.316 e. The average molecular weight is 208 g/mol. The molecule has 0 unspecified atom stereocenters. The summed E-state index contributed by atoms with van der Waals surface area (Å²) in [6, 6.07) is 5.95. The molecular weight excluding hydrogens is 198 g/mol. The molecule has 0 aliphatic rings. The van der Waals surface area contributed by atoms with Gasteiger partial charge in [-0.1, -0.05) is 11.6 Å². The van der Waals surface area contributed by atoms with E-state index in [-0.39, 0.29) is 0 Å². The molecule has 0 spiro atoms. The summed E-state index contributed by atoms with van der Waals surface area (Å²) < 4.78 is 2.05. The molecule has 0 aromatic carbocycles. The van der Waals surface area contributed by atoms with E-state index in [9.17, 15) is 0 Å². The summed E-state index contributed by atoms with van der Waals surface area (Å²) >= 11 is 5.97. The SMILES string of the molecule is Cc1ccc(C)n1-c1ccnnc1Cl. The minimum atomic E-state index is 0.426. The van der Waals surface area contributed by atoms with Crippen molar-refractivity contribution in [3.8, 4) is 5.69 Å². The quantitative estimate of drug-likeness (QED) is 0.720. The highest BCUT2D eigenvalue weighted by atomic mass is 35.5. The normalized spacial score (nSPS) is 10.5. The third-order valence-corrected chi connectivity index (χ3v) is 2.44. The number of aromatic nitrogens is 3. The monoisotopic (exact) mass is 207 g/mol. The molecule has 72 valence electrons. The fraction of sp³-hybridized carbons (Fsp3) is 0.200. The Labute approximate surface area is 87.3 Å². The van der Waals surface area contributed by atoms with Crippen molar-refractivity contribution in [1.82, 2.24) is 14.8 Å². The molecule has 0 amide bonds. The summed E-state index contributed by atoms with van der Waals surface area (Å²) in [5.74, 6) is 0. The van der Waals surface area contributed by atoms with Crippen LogP contribution in [0.1, 0.15) is 11.4 Å². The van der Waals surface area contributed by atoms with Gasteiger partial charge >= 0.3 is 0 Å². The van der Waals surface area contributed by atoms with Crippen LogP contribution < -0.4 is 0 Å². The fourth-order valence-corrected chi connectivity index (χ4v) is 1.71. The zero-order valence-corrected chi connectivity index (χ0v) is 8.78. The Morgan fingerprint density at radius 1 is 1.14 bits per heavy atom. The molecular formula is C10H10ClN3. The van der Waals surface area contributed by atoms with Crippen molar-refractivity contribution in [1.29, 1.82) is 0 Å². The molecule has 3 nitrogen and oxygen atoms in total. The van der Waals surface area contributed by atoms with Crippen molar-refractivity contribution >= 4 is 11.6 Å². The second-order valence-electron chi connectivity index (χ2n) is 3.16. The molecule has 0 N–H and O–H groups in total. The van der Waals surface area contributed by atoms with Crippen LogP contribution in [0.2, 0.25) is 5.15 Å². The summed E-state index contributed by atoms with van der Waals surface area (Å²) in [4.78, 5) is 0. The Bertz CT molecular complexity index is 443. The minimum Gasteiger partial charge on any atom is -0.316 e. The van der Waals surface area contributed by atoms with E-state index < -0.39 is 0 Å². The van der Waals surface area contributed by atoms with Gasteiger partial charge in [0.05, 0.1) is 11.9 Å². The molecule has 4 heteroatoms. The molecule has 0 aliphatic carbocycles. The van der Waals surface area contributed by atoms with Crippen molar-refractivity contribution in [2.45, 2.75) is 13.8 Å². The molecule has 0 saturated carbocycles. The third-order valence-electron chi connectivity index (χ3n) is 2.17. The van der Waals surface area contributed by atoms with E-state index in [0.29, 0.717) is 5.15 Å². The number of hydrogen-bond acceptors (Lipinski definition) is 2. The van der Waals surface area contributed by atoms with E-state index in [2.05, 4.69) is 14.8 Å². The van der Waals surface area contributed by atoms with Crippen LogP contribution >= 0.6 is 11.6 Å². The van der Waals surface area contributed by atoms with Crippen LogP contribution in [-0.2, 0) is 0 Å². The molecule has 2 aromatic heterocycles. The Kier molecular flexibility index (Phi) is 2.25. The standard InChI is InChI=1S/C10H10ClN3/c1-7-3-4-8(2)14(7)9-5-6-12-13-10(9)11/h3-6H,1-2H3. The number of rotatable bonds is 1. The van der Waals surface area contributed by atoms with Crippen molar-refractivity contribution in [3.05, 3.63) is 40.9 Å². The summed E-state index contributed by atoms with van der Waals surface area (Å²) in [5.41, 5.74) is 3.15. The van der Waals surface area contributed by atoms with Crippen LogP contribution in [0.15, 0.2) is 24.4 Å². The maximum atomic E-state index is 5.97. The summed E-state index contributed by atoms with van der Waals surface area (Å²) in [5, 5.41) is 7.96. The second-order valence-corrected chi connectivity index (χ2v) is 3.52. The van der Waals surface area contributed by atoms with Gasteiger partial charge in [0.1, 0.15) is 0 Å². The van der Waals surface area contributed by atoms with Gasteiger partial charge in [-0.25, -0.2) is 0 Å². The van der Waals surface area contributed by atoms with E-state index in [0.717, 1.165) is 17.1 Å². The molecule has 0 radical (unpaired) electrons. The smallest absolute Gasteiger partial charge is 0.175 e. The lowest BCUT2D eigenvalue weighted by atomic mass is 10.4. The zero-order chi connectivity index (χ0) is 10.1. The van der Waals surface area contributed by atoms with Gasteiger partial charge in [-0.05, 0) is 32.0 Å². The summed E-state index contributed by atoms with van der Waals surface area (Å²) in [6.45, 7) is 4.06. The Hall–Kier alpha value is -1.35. The van der Waals surface area contributed by atoms with Gasteiger partial charge in [0.25, 0.3) is 0 Å². The highest BCUT2D eigenvalue weighted by molar-refractivity contribution is 6.31. The van der Waals surface area contributed by atoms with Crippen molar-refractivity contribution in [2.24, 2.45) is 0 Å². The molecule has 0 saturated heterocycles. The summed E-state index contributed by atoms with van der Waals surface area (Å²) in [7, 11) is 0. The topological polar surface area (TPSA) is 30.7 Å². The third kappa shape index (κ3) is 1.40. The molecule has 0 atom stereocenters. The molecule has 2 aromatic rings. The maximum Gasteiger partial charge on any atom is 0.175 e. The number of nitrogens with zero attached hydrogens (tertiary/aromatic N) is 3. The first kappa shape index (κ1) is 9.21. The average Bonchev–Trinajstić information content (AvgIpc) is 2.48. The second kappa shape index (κ2) is 3.42. The first-order chi connectivity index (χ1) is 6.70. The highest BCUT2D eigenvalue weighted by Gasteiger charge is 2.07. The van der Waals surface area contributed by atoms with Crippen molar-refractivity contribution in [3.63, 3.8) is 0 Å². The predicted molar refractivity (Wildman–Crippen MR) is 55.8 cm³/mol. The van der Waals surface area contributed by atoms with Gasteiger partial charge in [0.15, 0.2) is 5.15 Å². The molecule has 2 heterocycles. The summed E-state index contributed by atoms with van der Waals surface area (Å²) in [6.07, 6.45) is 1.64. The number of halogens is 1. The van der Waals surface area contributed by atoms with Gasteiger partial charge in [0.2, 0.25) is 0 Å². The van der Waals surface area contributed by atoms with E-state index in [4.69, 9.17) is 11.6 Å². The van der Waals surface area contributed by atoms with Crippen LogP contribution in [0.4, 0.5) is 0 Å². The van der Waals surface area contributed by atoms with Gasteiger partial charge in [-0.15, -0.1) is 5.10 Å². The molecule has 0 bridgehead atoms. The van der Waals surface area contributed by atoms with Gasteiger partial charge in [0, 0.05) is 11.4 Å². The Balaban J connectivity index is 2.66. The van der Waals surface area contributed by atoms with Crippen LogP contribution in [-0.4, -0.2) is 14.8 Å². The molecule has 0 aliphatic heterocycles. The first-order valence-electron chi connectivity index (χ1n) is 4.32. The van der Waals surface area contributed by atoms with Gasteiger partial charge in [-0.3, -0.25) is 0 Å². The maximum absolute atomic E-state index is 5.97. The van der Waals surface area contributed by atoms with Gasteiger partial charge < -0.3 is 4.57 Å². The predicted octanol–water partition coefficient (Wildman–Crippen LogP) is 2.54. The van der Waals surface area contributed by atoms with Crippen LogP contribution in [0.25, 0.3) is 5.69 Å².